The zero-order valence-corrected chi connectivity index (χ0v) is 16.1. The van der Waals surface area contributed by atoms with Crippen LogP contribution in [0.5, 0.6) is 0 Å². The molecule has 0 unspecified atom stereocenters. The summed E-state index contributed by atoms with van der Waals surface area (Å²) in [6.45, 7) is 13.6. The number of nitrogens with one attached hydrogen (secondary N) is 2. The van der Waals surface area contributed by atoms with Gasteiger partial charge in [0, 0.05) is 25.6 Å². The van der Waals surface area contributed by atoms with Crippen molar-refractivity contribution in [1.29, 1.82) is 0 Å². The Morgan fingerprint density at radius 1 is 1.21 bits per heavy atom. The van der Waals surface area contributed by atoms with Crippen LogP contribution >= 0.6 is 0 Å². The van der Waals surface area contributed by atoms with Gasteiger partial charge in [-0.15, -0.1) is 0 Å². The number of nitrogens with zero attached hydrogens (tertiary/aromatic N) is 3. The molecule has 2 N–H and O–H groups in total. The van der Waals surface area contributed by atoms with E-state index in [1.54, 1.807) is 7.05 Å². The van der Waals surface area contributed by atoms with E-state index in [1.165, 1.54) is 0 Å². The number of guanidine groups is 1. The Hall–Kier alpha value is -1.56. The minimum atomic E-state index is 0.486. The summed E-state index contributed by atoms with van der Waals surface area (Å²) in [7, 11) is 1.79. The van der Waals surface area contributed by atoms with Crippen molar-refractivity contribution in [3.8, 4) is 0 Å². The van der Waals surface area contributed by atoms with Gasteiger partial charge in [0.05, 0.1) is 12.2 Å². The van der Waals surface area contributed by atoms with Gasteiger partial charge in [-0.1, -0.05) is 32.9 Å². The van der Waals surface area contributed by atoms with E-state index in [1.807, 2.05) is 0 Å². The van der Waals surface area contributed by atoms with Crippen molar-refractivity contribution in [3.63, 3.8) is 0 Å². The number of aliphatic imine (C=N–C) groups is 1. The molecule has 24 heavy (non-hydrogen) atoms. The maximum atomic E-state index is 5.43. The summed E-state index contributed by atoms with van der Waals surface area (Å²) in [6.07, 6.45) is 3.28. The molecule has 1 rings (SSSR count). The zero-order valence-electron chi connectivity index (χ0n) is 16.1. The van der Waals surface area contributed by atoms with E-state index < -0.39 is 0 Å². The summed E-state index contributed by atoms with van der Waals surface area (Å²) in [5, 5.41) is 10.8. The third-order valence-electron chi connectivity index (χ3n) is 4.47. The monoisotopic (exact) mass is 337 g/mol. The molecule has 0 amide bonds. The van der Waals surface area contributed by atoms with Gasteiger partial charge in [0.15, 0.2) is 11.7 Å². The van der Waals surface area contributed by atoms with Gasteiger partial charge < -0.3 is 20.1 Å². The second-order valence-corrected chi connectivity index (χ2v) is 5.96. The van der Waals surface area contributed by atoms with Gasteiger partial charge in [-0.2, -0.15) is 0 Å². The second kappa shape index (κ2) is 11.9. The van der Waals surface area contributed by atoms with Crippen molar-refractivity contribution in [3.05, 3.63) is 17.5 Å². The van der Waals surface area contributed by atoms with Crippen molar-refractivity contribution in [2.24, 2.45) is 4.99 Å². The Bertz CT molecular complexity index is 464. The molecule has 0 atom stereocenters. The number of hydrogen-bond donors (Lipinski definition) is 2. The third-order valence-corrected chi connectivity index (χ3v) is 4.47. The maximum absolute atomic E-state index is 5.43. The highest BCUT2D eigenvalue weighted by molar-refractivity contribution is 5.79. The van der Waals surface area contributed by atoms with Crippen LogP contribution in [-0.2, 0) is 6.54 Å². The Morgan fingerprint density at radius 2 is 1.92 bits per heavy atom. The number of hydrogen-bond acceptors (Lipinski definition) is 4. The summed E-state index contributed by atoms with van der Waals surface area (Å²) in [5.74, 6) is 2.14. The highest BCUT2D eigenvalue weighted by Gasteiger charge is 2.13. The van der Waals surface area contributed by atoms with Crippen LogP contribution in [-0.4, -0.2) is 49.2 Å². The molecule has 6 heteroatoms. The van der Waals surface area contributed by atoms with Gasteiger partial charge in [0.25, 0.3) is 0 Å². The molecule has 0 aliphatic heterocycles. The molecular weight excluding hydrogens is 302 g/mol. The Kier molecular flexibility index (Phi) is 10.2. The summed E-state index contributed by atoms with van der Waals surface area (Å²) in [4.78, 5) is 6.68. The van der Waals surface area contributed by atoms with Gasteiger partial charge in [-0.05, 0) is 38.9 Å². The van der Waals surface area contributed by atoms with E-state index in [0.717, 1.165) is 62.9 Å². The lowest BCUT2D eigenvalue weighted by Crippen LogP contribution is -2.38. The molecule has 0 saturated carbocycles. The lowest BCUT2D eigenvalue weighted by molar-refractivity contribution is 0.300. The van der Waals surface area contributed by atoms with E-state index in [9.17, 15) is 0 Å². The normalized spacial score (nSPS) is 12.2. The maximum Gasteiger partial charge on any atom is 0.191 e. The van der Waals surface area contributed by atoms with Crippen LogP contribution in [0, 0.1) is 0 Å². The summed E-state index contributed by atoms with van der Waals surface area (Å²) >= 11 is 0. The smallest absolute Gasteiger partial charge is 0.191 e. The molecular formula is C18H35N5O. The Balaban J connectivity index is 2.34. The first-order chi connectivity index (χ1) is 11.7. The number of rotatable bonds is 11. The first kappa shape index (κ1) is 20.5. The lowest BCUT2D eigenvalue weighted by atomic mass is 9.99. The predicted octanol–water partition coefficient (Wildman–Crippen LogP) is 2.98. The predicted molar refractivity (Wildman–Crippen MR) is 100 cm³/mol. The average Bonchev–Trinajstić information content (AvgIpc) is 3.07. The topological polar surface area (TPSA) is 65.7 Å². The summed E-state index contributed by atoms with van der Waals surface area (Å²) in [5.41, 5.74) is 1.05. The van der Waals surface area contributed by atoms with Crippen LogP contribution in [0.15, 0.2) is 15.6 Å². The fourth-order valence-corrected chi connectivity index (χ4v) is 2.75. The molecule has 0 fully saturated rings. The van der Waals surface area contributed by atoms with Crippen LogP contribution in [0.1, 0.15) is 64.3 Å². The van der Waals surface area contributed by atoms with Gasteiger partial charge >= 0.3 is 0 Å². The zero-order chi connectivity index (χ0) is 17.8. The highest BCUT2D eigenvalue weighted by atomic mass is 16.5. The minimum Gasteiger partial charge on any atom is -0.359 e. The summed E-state index contributed by atoms with van der Waals surface area (Å²) < 4.78 is 5.43. The molecule has 1 aromatic rings. The molecule has 138 valence electrons. The molecule has 0 radical (unpaired) electrons. The largest absolute Gasteiger partial charge is 0.359 e. The third kappa shape index (κ3) is 6.91. The van der Waals surface area contributed by atoms with Gasteiger partial charge in [0.1, 0.15) is 0 Å². The minimum absolute atomic E-state index is 0.486. The molecule has 0 aliphatic rings. The van der Waals surface area contributed by atoms with Crippen LogP contribution in [0.25, 0.3) is 0 Å². The van der Waals surface area contributed by atoms with Gasteiger partial charge in [-0.3, -0.25) is 4.99 Å². The van der Waals surface area contributed by atoms with E-state index in [2.05, 4.69) is 59.4 Å². The standard InChI is InChI=1S/C18H35N5O/c1-6-15(7-2)17-13-16(24-22-17)14-21-18(19-5)20-11-10-12-23(8-3)9-4/h13,15H,6-12,14H2,1-5H3,(H2,19,20,21). The van der Waals surface area contributed by atoms with Crippen molar-refractivity contribution < 1.29 is 4.52 Å². The fourth-order valence-electron chi connectivity index (χ4n) is 2.75. The molecule has 0 saturated heterocycles. The number of aromatic nitrogens is 1. The van der Waals surface area contributed by atoms with Gasteiger partial charge in [-0.25, -0.2) is 0 Å². The van der Waals surface area contributed by atoms with Crippen molar-refractivity contribution in [1.82, 2.24) is 20.7 Å². The summed E-state index contributed by atoms with van der Waals surface area (Å²) in [6, 6.07) is 2.05. The van der Waals surface area contributed by atoms with Crippen molar-refractivity contribution in [2.75, 3.05) is 33.2 Å². The van der Waals surface area contributed by atoms with E-state index in [4.69, 9.17) is 4.52 Å². The fraction of sp³-hybridized carbons (Fsp3) is 0.778. The molecule has 0 spiro atoms. The molecule has 0 aliphatic carbocycles. The van der Waals surface area contributed by atoms with Crippen molar-refractivity contribution >= 4 is 5.96 Å². The van der Waals surface area contributed by atoms with Crippen LogP contribution in [0.2, 0.25) is 0 Å². The highest BCUT2D eigenvalue weighted by Crippen LogP contribution is 2.22. The SMILES string of the molecule is CCC(CC)c1cc(CNC(=NC)NCCCN(CC)CC)on1. The van der Waals surface area contributed by atoms with Gasteiger partial charge in [0.2, 0.25) is 0 Å². The lowest BCUT2D eigenvalue weighted by Gasteiger charge is -2.18. The Labute approximate surface area is 147 Å². The van der Waals surface area contributed by atoms with Crippen LogP contribution in [0.4, 0.5) is 0 Å². The quantitative estimate of drug-likeness (QED) is 0.369. The van der Waals surface area contributed by atoms with Crippen molar-refractivity contribution in [2.45, 2.75) is 59.4 Å². The van der Waals surface area contributed by atoms with E-state index in [0.29, 0.717) is 12.5 Å². The molecule has 1 aromatic heterocycles. The molecule has 1 heterocycles. The molecule has 6 nitrogen and oxygen atoms in total. The molecule has 0 bridgehead atoms. The first-order valence-corrected chi connectivity index (χ1v) is 9.30. The Morgan fingerprint density at radius 3 is 2.50 bits per heavy atom. The first-order valence-electron chi connectivity index (χ1n) is 9.30. The van der Waals surface area contributed by atoms with E-state index >= 15 is 0 Å². The van der Waals surface area contributed by atoms with Crippen LogP contribution < -0.4 is 10.6 Å². The molecule has 0 aromatic carbocycles. The van der Waals surface area contributed by atoms with E-state index in [-0.39, 0.29) is 0 Å². The average molecular weight is 338 g/mol. The van der Waals surface area contributed by atoms with Crippen LogP contribution in [0.3, 0.4) is 0 Å². The second-order valence-electron chi connectivity index (χ2n) is 5.96.